The first-order valence-corrected chi connectivity index (χ1v) is 8.83. The van der Waals surface area contributed by atoms with Crippen molar-refractivity contribution in [2.75, 3.05) is 11.1 Å². The van der Waals surface area contributed by atoms with Crippen molar-refractivity contribution in [1.82, 2.24) is 0 Å². The van der Waals surface area contributed by atoms with E-state index in [1.54, 1.807) is 54.6 Å². The number of Topliss-reactive ketones (excluding diaryl/α,β-unsaturated/α-hetero) is 1. The quantitative estimate of drug-likeness (QED) is 0.825. The normalized spacial score (nSPS) is 11.0. The van der Waals surface area contributed by atoms with Gasteiger partial charge in [-0.1, -0.05) is 30.3 Å². The van der Waals surface area contributed by atoms with Crippen LogP contribution >= 0.6 is 0 Å². The second kappa shape index (κ2) is 7.19. The number of ketones is 1. The van der Waals surface area contributed by atoms with Gasteiger partial charge in [-0.3, -0.25) is 9.59 Å². The lowest BCUT2D eigenvalue weighted by molar-refractivity contribution is -0.113. The van der Waals surface area contributed by atoms with Crippen molar-refractivity contribution in [3.8, 4) is 0 Å². The summed E-state index contributed by atoms with van der Waals surface area (Å²) in [5.74, 6) is -1.44. The zero-order chi connectivity index (χ0) is 16.9. The fraction of sp³-hybridized carbons (Fsp3) is 0.176. The lowest BCUT2D eigenvalue weighted by atomic mass is 10.1. The highest BCUT2D eigenvalue weighted by Gasteiger charge is 2.17. The molecule has 0 atom stereocenters. The third-order valence-corrected chi connectivity index (χ3v) is 4.63. The van der Waals surface area contributed by atoms with Crippen molar-refractivity contribution in [1.29, 1.82) is 0 Å². The smallest absolute Gasteiger partial charge is 0.239 e. The molecule has 0 aromatic heterocycles. The zero-order valence-corrected chi connectivity index (χ0v) is 13.5. The van der Waals surface area contributed by atoms with Crippen LogP contribution in [0.15, 0.2) is 54.6 Å². The second-order valence-corrected chi connectivity index (χ2v) is 7.26. The molecule has 0 saturated carbocycles. The average Bonchev–Trinajstić information content (AvgIpc) is 2.47. The van der Waals surface area contributed by atoms with E-state index in [-0.39, 0.29) is 11.5 Å². The van der Waals surface area contributed by atoms with Gasteiger partial charge in [0.25, 0.3) is 0 Å². The van der Waals surface area contributed by atoms with Gasteiger partial charge in [0.2, 0.25) is 5.91 Å². The Labute approximate surface area is 135 Å². The van der Waals surface area contributed by atoms with E-state index in [4.69, 9.17) is 0 Å². The molecule has 0 aliphatic carbocycles. The molecule has 0 aliphatic rings. The highest BCUT2D eigenvalue weighted by atomic mass is 32.2. The predicted octanol–water partition coefficient (Wildman–Crippen LogP) is 2.44. The molecular weight excluding hydrogens is 314 g/mol. The number of benzene rings is 2. The molecule has 6 heteroatoms. The molecule has 5 nitrogen and oxygen atoms in total. The van der Waals surface area contributed by atoms with Crippen LogP contribution in [0.1, 0.15) is 22.8 Å². The largest absolute Gasteiger partial charge is 0.325 e. The van der Waals surface area contributed by atoms with E-state index >= 15 is 0 Å². The van der Waals surface area contributed by atoms with Crippen LogP contribution in [-0.4, -0.2) is 25.9 Å². The van der Waals surface area contributed by atoms with E-state index in [0.717, 1.165) is 0 Å². The molecule has 2 aromatic carbocycles. The van der Waals surface area contributed by atoms with E-state index in [1.807, 2.05) is 0 Å². The van der Waals surface area contributed by atoms with Gasteiger partial charge in [-0.2, -0.15) is 0 Å². The van der Waals surface area contributed by atoms with Crippen molar-refractivity contribution >= 4 is 27.2 Å². The Balaban J connectivity index is 1.97. The summed E-state index contributed by atoms with van der Waals surface area (Å²) in [6.45, 7) is 1.45. The van der Waals surface area contributed by atoms with E-state index in [2.05, 4.69) is 5.32 Å². The number of nitrogens with one attached hydrogen (secondary N) is 1. The number of carbonyl (C=O) groups is 2. The van der Waals surface area contributed by atoms with E-state index < -0.39 is 21.5 Å². The van der Waals surface area contributed by atoms with Gasteiger partial charge in [-0.05, 0) is 36.8 Å². The third-order valence-electron chi connectivity index (χ3n) is 3.16. The highest BCUT2D eigenvalue weighted by Crippen LogP contribution is 2.11. The fourth-order valence-electron chi connectivity index (χ4n) is 2.06. The van der Waals surface area contributed by atoms with Crippen molar-refractivity contribution in [3.05, 3.63) is 65.7 Å². The van der Waals surface area contributed by atoms with Crippen LogP contribution in [0.3, 0.4) is 0 Å². The summed E-state index contributed by atoms with van der Waals surface area (Å²) in [5.41, 5.74) is 1.63. The van der Waals surface area contributed by atoms with Gasteiger partial charge in [0.05, 0.1) is 5.75 Å². The number of hydrogen-bond acceptors (Lipinski definition) is 4. The summed E-state index contributed by atoms with van der Waals surface area (Å²) in [6.07, 6.45) is 0. The molecule has 0 spiro atoms. The van der Waals surface area contributed by atoms with Crippen LogP contribution in [-0.2, 0) is 20.4 Å². The Kier molecular flexibility index (Phi) is 5.28. The molecule has 1 amide bonds. The van der Waals surface area contributed by atoms with Crippen LogP contribution in [0, 0.1) is 0 Å². The van der Waals surface area contributed by atoms with Crippen LogP contribution in [0.5, 0.6) is 0 Å². The standard InChI is InChI=1S/C17H17NO4S/c1-13(19)15-7-9-16(10-8-15)18-17(20)12-23(21,22)11-14-5-3-2-4-6-14/h2-10H,11-12H2,1H3,(H,18,20). The molecule has 0 radical (unpaired) electrons. The molecule has 2 aromatic rings. The molecule has 1 N–H and O–H groups in total. The minimum absolute atomic E-state index is 0.0756. The average molecular weight is 331 g/mol. The summed E-state index contributed by atoms with van der Waals surface area (Å²) in [6, 6.07) is 15.0. The van der Waals surface area contributed by atoms with Gasteiger partial charge < -0.3 is 5.32 Å². The number of carbonyl (C=O) groups excluding carboxylic acids is 2. The van der Waals surface area contributed by atoms with Crippen LogP contribution in [0.2, 0.25) is 0 Å². The summed E-state index contributed by atoms with van der Waals surface area (Å²) in [7, 11) is -3.54. The summed E-state index contributed by atoms with van der Waals surface area (Å²) in [5, 5.41) is 2.52. The van der Waals surface area contributed by atoms with E-state index in [0.29, 0.717) is 16.8 Å². The van der Waals surface area contributed by atoms with Crippen molar-refractivity contribution in [2.24, 2.45) is 0 Å². The van der Waals surface area contributed by atoms with Crippen LogP contribution < -0.4 is 5.32 Å². The Hall–Kier alpha value is -2.47. The number of sulfone groups is 1. The molecule has 0 aliphatic heterocycles. The maximum absolute atomic E-state index is 12.0. The minimum Gasteiger partial charge on any atom is -0.325 e. The van der Waals surface area contributed by atoms with Crippen LogP contribution in [0.4, 0.5) is 5.69 Å². The molecule has 0 saturated heterocycles. The first-order chi connectivity index (χ1) is 10.9. The van der Waals surface area contributed by atoms with Gasteiger partial charge in [0.15, 0.2) is 15.6 Å². The van der Waals surface area contributed by atoms with Gasteiger partial charge in [0.1, 0.15) is 5.75 Å². The Bertz CT molecular complexity index is 796. The predicted molar refractivity (Wildman–Crippen MR) is 89.0 cm³/mol. The number of hydrogen-bond donors (Lipinski definition) is 1. The third kappa shape index (κ3) is 5.34. The monoisotopic (exact) mass is 331 g/mol. The minimum atomic E-state index is -3.54. The van der Waals surface area contributed by atoms with Crippen LogP contribution in [0.25, 0.3) is 0 Å². The van der Waals surface area contributed by atoms with Gasteiger partial charge in [-0.15, -0.1) is 0 Å². The molecule has 23 heavy (non-hydrogen) atoms. The maximum Gasteiger partial charge on any atom is 0.239 e. The fourth-order valence-corrected chi connectivity index (χ4v) is 3.34. The number of anilines is 1. The molecule has 0 unspecified atom stereocenters. The molecule has 0 fully saturated rings. The van der Waals surface area contributed by atoms with Crippen molar-refractivity contribution < 1.29 is 18.0 Å². The summed E-state index contributed by atoms with van der Waals surface area (Å²) < 4.78 is 24.1. The Morgan fingerprint density at radius 1 is 0.957 bits per heavy atom. The van der Waals surface area contributed by atoms with Crippen molar-refractivity contribution in [3.63, 3.8) is 0 Å². The van der Waals surface area contributed by atoms with Gasteiger partial charge in [-0.25, -0.2) is 8.42 Å². The number of amides is 1. The van der Waals surface area contributed by atoms with E-state index in [1.165, 1.54) is 6.92 Å². The number of rotatable bonds is 6. The highest BCUT2D eigenvalue weighted by molar-refractivity contribution is 7.91. The molecule has 2 rings (SSSR count). The van der Waals surface area contributed by atoms with Gasteiger partial charge in [0, 0.05) is 11.3 Å². The molecular formula is C17H17NO4S. The Morgan fingerprint density at radius 3 is 2.13 bits per heavy atom. The first-order valence-electron chi connectivity index (χ1n) is 7.01. The lowest BCUT2D eigenvalue weighted by Gasteiger charge is -2.07. The summed E-state index contributed by atoms with van der Waals surface area (Å²) in [4.78, 5) is 23.1. The van der Waals surface area contributed by atoms with Crippen molar-refractivity contribution in [2.45, 2.75) is 12.7 Å². The van der Waals surface area contributed by atoms with E-state index in [9.17, 15) is 18.0 Å². The Morgan fingerprint density at radius 2 is 1.57 bits per heavy atom. The summed E-state index contributed by atoms with van der Waals surface area (Å²) >= 11 is 0. The van der Waals surface area contributed by atoms with Gasteiger partial charge >= 0.3 is 0 Å². The second-order valence-electron chi connectivity index (χ2n) is 5.20. The topological polar surface area (TPSA) is 80.3 Å². The molecule has 0 heterocycles. The molecule has 120 valence electrons. The zero-order valence-electron chi connectivity index (χ0n) is 12.7. The maximum atomic E-state index is 12.0. The SMILES string of the molecule is CC(=O)c1ccc(NC(=O)CS(=O)(=O)Cc2ccccc2)cc1. The molecule has 0 bridgehead atoms. The lowest BCUT2D eigenvalue weighted by Crippen LogP contribution is -2.23. The first kappa shape index (κ1) is 16.9.